The lowest BCUT2D eigenvalue weighted by Crippen LogP contribution is -2.37. The molecule has 1 aromatic carbocycles. The highest BCUT2D eigenvalue weighted by Crippen LogP contribution is 2.30. The number of carbonyl (C=O) groups excluding carboxylic acids is 1. The van der Waals surface area contributed by atoms with Crippen LogP contribution in [0.5, 0.6) is 0 Å². The Morgan fingerprint density at radius 2 is 2.14 bits per heavy atom. The van der Waals surface area contributed by atoms with Crippen LogP contribution in [-0.2, 0) is 0 Å². The smallest absolute Gasteiger partial charge is 0.292 e. The monoisotopic (exact) mass is 290 g/mol. The second-order valence-corrected chi connectivity index (χ2v) is 5.72. The fourth-order valence-corrected chi connectivity index (χ4v) is 2.79. The molecule has 3 rings (SSSR count). The molecule has 2 fully saturated rings. The van der Waals surface area contributed by atoms with E-state index in [0.717, 1.165) is 19.5 Å². The normalized spacial score (nSPS) is 22.2. The average Bonchev–Trinajstić information content (AvgIpc) is 3.19. The summed E-state index contributed by atoms with van der Waals surface area (Å²) in [5.74, 6) is -0.277. The minimum absolute atomic E-state index is 0.0670. The molecule has 1 aliphatic carbocycles. The Hall–Kier alpha value is -2.15. The van der Waals surface area contributed by atoms with E-state index in [1.165, 1.54) is 31.0 Å². The highest BCUT2D eigenvalue weighted by Gasteiger charge is 2.34. The minimum atomic E-state index is -0.573. The van der Waals surface area contributed by atoms with Gasteiger partial charge in [0, 0.05) is 36.8 Å². The lowest BCUT2D eigenvalue weighted by molar-refractivity contribution is -0.383. The zero-order valence-electron chi connectivity index (χ0n) is 11.6. The zero-order chi connectivity index (χ0) is 15.0. The molecular weight excluding hydrogens is 272 g/mol. The number of benzene rings is 1. The SMILES string of the molecule is Nc1ccc(C(=O)NC2CCN(C3CC3)C2)cc1[N+](=O)[O-]. The van der Waals surface area contributed by atoms with Crippen molar-refractivity contribution in [3.63, 3.8) is 0 Å². The van der Waals surface area contributed by atoms with Gasteiger partial charge in [-0.3, -0.25) is 19.8 Å². The lowest BCUT2D eigenvalue weighted by atomic mass is 10.1. The highest BCUT2D eigenvalue weighted by atomic mass is 16.6. The standard InChI is InChI=1S/C14H18N4O3/c15-12-4-1-9(7-13(12)18(20)21)14(19)16-10-5-6-17(8-10)11-2-3-11/h1,4,7,10-11H,2-3,5-6,8,15H2,(H,16,19). The molecule has 1 saturated carbocycles. The average molecular weight is 290 g/mol. The number of hydrogen-bond acceptors (Lipinski definition) is 5. The largest absolute Gasteiger partial charge is 0.393 e. The van der Waals surface area contributed by atoms with E-state index in [9.17, 15) is 14.9 Å². The van der Waals surface area contributed by atoms with Gasteiger partial charge in [0.1, 0.15) is 5.69 Å². The van der Waals surface area contributed by atoms with Gasteiger partial charge in [-0.1, -0.05) is 0 Å². The Kier molecular flexibility index (Phi) is 3.50. The number of amides is 1. The molecule has 1 heterocycles. The van der Waals surface area contributed by atoms with Crippen LogP contribution in [0.2, 0.25) is 0 Å². The van der Waals surface area contributed by atoms with Crippen molar-refractivity contribution in [3.8, 4) is 0 Å². The fourth-order valence-electron chi connectivity index (χ4n) is 2.79. The van der Waals surface area contributed by atoms with Crippen LogP contribution in [-0.4, -0.2) is 40.9 Å². The summed E-state index contributed by atoms with van der Waals surface area (Å²) in [6.45, 7) is 1.88. The predicted octanol–water partition coefficient (Wildman–Crippen LogP) is 1.14. The van der Waals surface area contributed by atoms with Crippen molar-refractivity contribution >= 4 is 17.3 Å². The third-order valence-electron chi connectivity index (χ3n) is 4.11. The molecule has 3 N–H and O–H groups in total. The number of nitrogens with one attached hydrogen (secondary N) is 1. The van der Waals surface area contributed by atoms with E-state index in [0.29, 0.717) is 6.04 Å². The van der Waals surface area contributed by atoms with Gasteiger partial charge in [-0.15, -0.1) is 0 Å². The number of likely N-dealkylation sites (tertiary alicyclic amines) is 1. The molecule has 1 aromatic rings. The van der Waals surface area contributed by atoms with Crippen molar-refractivity contribution in [2.45, 2.75) is 31.3 Å². The highest BCUT2D eigenvalue weighted by molar-refractivity contribution is 5.95. The summed E-state index contributed by atoms with van der Waals surface area (Å²) in [7, 11) is 0. The molecule has 2 aliphatic rings. The number of hydrogen-bond donors (Lipinski definition) is 2. The molecule has 1 aliphatic heterocycles. The van der Waals surface area contributed by atoms with Crippen molar-refractivity contribution in [3.05, 3.63) is 33.9 Å². The quantitative estimate of drug-likeness (QED) is 0.492. The third kappa shape index (κ3) is 2.97. The van der Waals surface area contributed by atoms with Crippen LogP contribution in [0.15, 0.2) is 18.2 Å². The lowest BCUT2D eigenvalue weighted by Gasteiger charge is -2.15. The van der Waals surface area contributed by atoms with E-state index in [1.54, 1.807) is 0 Å². The van der Waals surface area contributed by atoms with Gasteiger partial charge >= 0.3 is 0 Å². The van der Waals surface area contributed by atoms with Crippen LogP contribution in [0, 0.1) is 10.1 Å². The van der Waals surface area contributed by atoms with Crippen molar-refractivity contribution in [2.24, 2.45) is 0 Å². The molecule has 0 spiro atoms. The van der Waals surface area contributed by atoms with Crippen LogP contribution in [0.4, 0.5) is 11.4 Å². The van der Waals surface area contributed by atoms with Gasteiger partial charge in [-0.2, -0.15) is 0 Å². The molecule has 0 aromatic heterocycles. The van der Waals surface area contributed by atoms with Gasteiger partial charge in [0.25, 0.3) is 11.6 Å². The molecule has 1 saturated heterocycles. The number of nitrogen functional groups attached to an aromatic ring is 1. The van der Waals surface area contributed by atoms with Crippen molar-refractivity contribution < 1.29 is 9.72 Å². The number of rotatable bonds is 4. The number of anilines is 1. The van der Waals surface area contributed by atoms with Crippen LogP contribution in [0.1, 0.15) is 29.6 Å². The first-order valence-corrected chi connectivity index (χ1v) is 7.13. The van der Waals surface area contributed by atoms with E-state index in [4.69, 9.17) is 5.73 Å². The van der Waals surface area contributed by atoms with Crippen molar-refractivity contribution in [1.82, 2.24) is 10.2 Å². The Morgan fingerprint density at radius 3 is 2.81 bits per heavy atom. The Morgan fingerprint density at radius 1 is 1.38 bits per heavy atom. The predicted molar refractivity (Wildman–Crippen MR) is 78.0 cm³/mol. The van der Waals surface area contributed by atoms with Crippen molar-refractivity contribution in [1.29, 1.82) is 0 Å². The Bertz CT molecular complexity index is 586. The first-order chi connectivity index (χ1) is 10.0. The summed E-state index contributed by atoms with van der Waals surface area (Å²) in [5.41, 5.74) is 5.65. The van der Waals surface area contributed by atoms with Gasteiger partial charge in [0.05, 0.1) is 4.92 Å². The Balaban J connectivity index is 1.65. The molecule has 0 bridgehead atoms. The molecule has 7 nitrogen and oxygen atoms in total. The second-order valence-electron chi connectivity index (χ2n) is 5.72. The molecule has 1 atom stereocenters. The summed E-state index contributed by atoms with van der Waals surface area (Å²) in [6, 6.07) is 4.97. The summed E-state index contributed by atoms with van der Waals surface area (Å²) in [5, 5.41) is 13.8. The molecular formula is C14H18N4O3. The summed E-state index contributed by atoms with van der Waals surface area (Å²) in [4.78, 5) is 24.9. The number of nitro groups is 1. The maximum absolute atomic E-state index is 12.2. The van der Waals surface area contributed by atoms with Crippen LogP contribution in [0.25, 0.3) is 0 Å². The minimum Gasteiger partial charge on any atom is -0.393 e. The Labute approximate surface area is 122 Å². The van der Waals surface area contributed by atoms with E-state index in [1.807, 2.05) is 0 Å². The molecule has 1 unspecified atom stereocenters. The molecule has 7 heteroatoms. The number of nitrogens with two attached hydrogens (primary N) is 1. The van der Waals surface area contributed by atoms with E-state index in [2.05, 4.69) is 10.2 Å². The third-order valence-corrected chi connectivity index (χ3v) is 4.11. The van der Waals surface area contributed by atoms with Gasteiger partial charge in [-0.25, -0.2) is 0 Å². The first kappa shape index (κ1) is 13.8. The van der Waals surface area contributed by atoms with Gasteiger partial charge in [0.15, 0.2) is 0 Å². The van der Waals surface area contributed by atoms with Crippen LogP contribution < -0.4 is 11.1 Å². The van der Waals surface area contributed by atoms with Crippen molar-refractivity contribution in [2.75, 3.05) is 18.8 Å². The molecule has 112 valence electrons. The summed E-state index contributed by atoms with van der Waals surface area (Å²) >= 11 is 0. The van der Waals surface area contributed by atoms with Gasteiger partial charge < -0.3 is 11.1 Å². The van der Waals surface area contributed by atoms with Crippen LogP contribution >= 0.6 is 0 Å². The van der Waals surface area contributed by atoms with Gasteiger partial charge in [-0.05, 0) is 31.4 Å². The molecule has 1 amide bonds. The number of carbonyl (C=O) groups is 1. The zero-order valence-corrected chi connectivity index (χ0v) is 11.6. The van der Waals surface area contributed by atoms with E-state index in [-0.39, 0.29) is 28.9 Å². The molecule has 21 heavy (non-hydrogen) atoms. The van der Waals surface area contributed by atoms with Crippen LogP contribution in [0.3, 0.4) is 0 Å². The maximum atomic E-state index is 12.2. The molecule has 0 radical (unpaired) electrons. The summed E-state index contributed by atoms with van der Waals surface area (Å²) < 4.78 is 0. The fraction of sp³-hybridized carbons (Fsp3) is 0.500. The summed E-state index contributed by atoms with van der Waals surface area (Å²) in [6.07, 6.45) is 3.44. The second kappa shape index (κ2) is 5.33. The van der Waals surface area contributed by atoms with Gasteiger partial charge in [0.2, 0.25) is 0 Å². The first-order valence-electron chi connectivity index (χ1n) is 7.13. The number of nitro benzene ring substituents is 1. The van der Waals surface area contributed by atoms with E-state index >= 15 is 0 Å². The topological polar surface area (TPSA) is 102 Å². The maximum Gasteiger partial charge on any atom is 0.292 e. The van der Waals surface area contributed by atoms with E-state index < -0.39 is 4.92 Å². The number of nitrogens with zero attached hydrogens (tertiary/aromatic N) is 2.